The number of hydrogen-bond donors (Lipinski definition) is 0. The lowest BCUT2D eigenvalue weighted by Gasteiger charge is -2.08. The van der Waals surface area contributed by atoms with Crippen molar-refractivity contribution in [3.63, 3.8) is 0 Å². The molecule has 0 rings (SSSR count). The van der Waals surface area contributed by atoms with Gasteiger partial charge in [0, 0.05) is 0 Å². The van der Waals surface area contributed by atoms with E-state index in [1.165, 1.54) is 6.92 Å². The number of alkyl halides is 3. The first kappa shape index (κ1) is 8.71. The predicted molar refractivity (Wildman–Crippen MR) is 25.1 cm³/mol. The standard InChI is InChI=1S/C4H7F3O2/c1-2-9-3(8)4(5,6)7/h3,8H,2H2,1H3/p+1. The first-order valence-corrected chi connectivity index (χ1v) is 2.38. The molecule has 1 atom stereocenters. The Morgan fingerprint density at radius 3 is 2.11 bits per heavy atom. The molecular formula is C4H8F3O2+. The molecule has 0 spiro atoms. The predicted octanol–water partition coefficient (Wildman–Crippen LogP) is 0.636. The largest absolute Gasteiger partial charge is 0.492 e. The molecule has 0 heterocycles. The Balaban J connectivity index is 3.59. The highest BCUT2D eigenvalue weighted by atomic mass is 19.4. The molecule has 0 aliphatic rings. The van der Waals surface area contributed by atoms with E-state index in [2.05, 4.69) is 4.74 Å². The molecule has 0 aromatic heterocycles. The van der Waals surface area contributed by atoms with Gasteiger partial charge in [0.25, 0.3) is 0 Å². The summed E-state index contributed by atoms with van der Waals surface area (Å²) in [5, 5.41) is 6.28. The minimum absolute atomic E-state index is 0.0896. The van der Waals surface area contributed by atoms with Gasteiger partial charge >= 0.3 is 12.5 Å². The fraction of sp³-hybridized carbons (Fsp3) is 1.00. The van der Waals surface area contributed by atoms with Gasteiger partial charge in [-0.05, 0) is 6.92 Å². The van der Waals surface area contributed by atoms with Gasteiger partial charge in [0.15, 0.2) is 0 Å². The maximum absolute atomic E-state index is 11.3. The van der Waals surface area contributed by atoms with E-state index in [4.69, 9.17) is 5.11 Å². The van der Waals surface area contributed by atoms with Gasteiger partial charge in [0.2, 0.25) is 0 Å². The number of rotatable bonds is 2. The summed E-state index contributed by atoms with van der Waals surface area (Å²) in [6, 6.07) is 0. The summed E-state index contributed by atoms with van der Waals surface area (Å²) >= 11 is 0. The Morgan fingerprint density at radius 1 is 1.56 bits per heavy atom. The van der Waals surface area contributed by atoms with Gasteiger partial charge in [-0.1, -0.05) is 0 Å². The zero-order valence-electron chi connectivity index (χ0n) is 4.83. The van der Waals surface area contributed by atoms with Gasteiger partial charge in [0.05, 0.1) is 6.61 Å². The fourth-order valence-corrected chi connectivity index (χ4v) is 0.261. The second-order valence-electron chi connectivity index (χ2n) is 1.38. The smallest absolute Gasteiger partial charge is 0.414 e. The van der Waals surface area contributed by atoms with E-state index in [0.717, 1.165) is 0 Å². The fourth-order valence-electron chi connectivity index (χ4n) is 0.261. The summed E-state index contributed by atoms with van der Waals surface area (Å²) < 4.78 is 37.9. The lowest BCUT2D eigenvalue weighted by Crippen LogP contribution is -2.31. The average Bonchev–Trinajstić information content (AvgIpc) is 1.64. The Bertz CT molecular complexity index is 80.4. The average molecular weight is 145 g/mol. The first-order chi connectivity index (χ1) is 3.98. The molecule has 0 aromatic rings. The monoisotopic (exact) mass is 145 g/mol. The van der Waals surface area contributed by atoms with Crippen LogP contribution >= 0.6 is 0 Å². The molecule has 0 bridgehead atoms. The van der Waals surface area contributed by atoms with Crippen LogP contribution in [-0.2, 0) is 4.74 Å². The molecule has 0 aliphatic carbocycles. The van der Waals surface area contributed by atoms with Crippen LogP contribution < -0.4 is 0 Å². The van der Waals surface area contributed by atoms with Gasteiger partial charge in [-0.2, -0.15) is 13.2 Å². The van der Waals surface area contributed by atoms with Crippen molar-refractivity contribution >= 4 is 0 Å². The SMILES string of the molecule is CCOC([OH2+])C(F)(F)F. The summed E-state index contributed by atoms with van der Waals surface area (Å²) in [6.07, 6.45) is -6.93. The zero-order chi connectivity index (χ0) is 7.49. The topological polar surface area (TPSA) is 32.1 Å². The third-order valence-electron chi connectivity index (χ3n) is 0.631. The van der Waals surface area contributed by atoms with E-state index < -0.39 is 12.5 Å². The molecule has 1 unspecified atom stereocenters. The van der Waals surface area contributed by atoms with Crippen LogP contribution in [0.3, 0.4) is 0 Å². The molecule has 0 saturated heterocycles. The summed E-state index contributed by atoms with van der Waals surface area (Å²) in [6.45, 7) is 1.32. The van der Waals surface area contributed by atoms with Gasteiger partial charge in [0.1, 0.15) is 0 Å². The van der Waals surface area contributed by atoms with Crippen molar-refractivity contribution in [2.75, 3.05) is 6.61 Å². The molecule has 0 aromatic carbocycles. The highest BCUT2D eigenvalue weighted by Gasteiger charge is 2.44. The van der Waals surface area contributed by atoms with Crippen molar-refractivity contribution in [1.29, 1.82) is 0 Å². The van der Waals surface area contributed by atoms with E-state index in [9.17, 15) is 13.2 Å². The van der Waals surface area contributed by atoms with Crippen molar-refractivity contribution in [3.05, 3.63) is 0 Å². The molecule has 2 nitrogen and oxygen atoms in total. The van der Waals surface area contributed by atoms with E-state index in [1.807, 2.05) is 0 Å². The molecule has 56 valence electrons. The van der Waals surface area contributed by atoms with Crippen molar-refractivity contribution in [2.45, 2.75) is 19.4 Å². The van der Waals surface area contributed by atoms with Crippen LogP contribution in [0.25, 0.3) is 0 Å². The molecule has 0 aliphatic heterocycles. The number of ether oxygens (including phenoxy) is 1. The lowest BCUT2D eigenvalue weighted by molar-refractivity contribution is -0.292. The van der Waals surface area contributed by atoms with Crippen LogP contribution in [-0.4, -0.2) is 24.2 Å². The maximum atomic E-state index is 11.3. The van der Waals surface area contributed by atoms with Crippen molar-refractivity contribution in [3.8, 4) is 0 Å². The summed E-state index contributed by atoms with van der Waals surface area (Å²) in [7, 11) is 0. The third kappa shape index (κ3) is 3.31. The third-order valence-corrected chi connectivity index (χ3v) is 0.631. The second-order valence-corrected chi connectivity index (χ2v) is 1.38. The summed E-state index contributed by atoms with van der Waals surface area (Å²) in [5.74, 6) is 0. The molecule has 0 radical (unpaired) electrons. The Labute approximate surface area is 50.2 Å². The Kier molecular flexibility index (Phi) is 2.93. The molecule has 2 N–H and O–H groups in total. The normalized spacial score (nSPS) is 15.7. The minimum atomic E-state index is -4.55. The van der Waals surface area contributed by atoms with Gasteiger partial charge < -0.3 is 9.84 Å². The number of hydrogen-bond acceptors (Lipinski definition) is 1. The van der Waals surface area contributed by atoms with E-state index in [0.29, 0.717) is 0 Å². The van der Waals surface area contributed by atoms with Crippen molar-refractivity contribution in [2.24, 2.45) is 0 Å². The van der Waals surface area contributed by atoms with Gasteiger partial charge in [-0.3, -0.25) is 0 Å². The van der Waals surface area contributed by atoms with E-state index in [-0.39, 0.29) is 6.61 Å². The molecule has 0 fully saturated rings. The van der Waals surface area contributed by atoms with Crippen LogP contribution in [0.15, 0.2) is 0 Å². The van der Waals surface area contributed by atoms with Crippen LogP contribution in [0.5, 0.6) is 0 Å². The summed E-state index contributed by atoms with van der Waals surface area (Å²) in [5.41, 5.74) is 0. The highest BCUT2D eigenvalue weighted by molar-refractivity contribution is 4.51. The maximum Gasteiger partial charge on any atom is 0.492 e. The first-order valence-electron chi connectivity index (χ1n) is 2.38. The van der Waals surface area contributed by atoms with Crippen molar-refractivity contribution < 1.29 is 23.0 Å². The van der Waals surface area contributed by atoms with Gasteiger partial charge in [-0.15, -0.1) is 0 Å². The van der Waals surface area contributed by atoms with Crippen LogP contribution in [0.1, 0.15) is 6.92 Å². The molecule has 9 heavy (non-hydrogen) atoms. The number of halogens is 3. The molecule has 0 amide bonds. The Morgan fingerprint density at radius 2 is 2.00 bits per heavy atom. The highest BCUT2D eigenvalue weighted by Crippen LogP contribution is 2.20. The van der Waals surface area contributed by atoms with E-state index >= 15 is 0 Å². The molecule has 0 saturated carbocycles. The van der Waals surface area contributed by atoms with Crippen molar-refractivity contribution in [1.82, 2.24) is 0 Å². The minimum Gasteiger partial charge on any atom is -0.414 e. The zero-order valence-corrected chi connectivity index (χ0v) is 4.83. The molecular weight excluding hydrogens is 137 g/mol. The lowest BCUT2D eigenvalue weighted by atomic mass is 10.6. The van der Waals surface area contributed by atoms with E-state index in [1.54, 1.807) is 0 Å². The molecule has 5 heteroatoms. The quantitative estimate of drug-likeness (QED) is 0.414. The Hall–Kier alpha value is -0.290. The van der Waals surface area contributed by atoms with Gasteiger partial charge in [-0.25, -0.2) is 0 Å². The van der Waals surface area contributed by atoms with Crippen LogP contribution in [0.4, 0.5) is 13.2 Å². The summed E-state index contributed by atoms with van der Waals surface area (Å²) in [4.78, 5) is 0. The van der Waals surface area contributed by atoms with Crippen LogP contribution in [0, 0.1) is 0 Å². The second kappa shape index (κ2) is 3.03. The van der Waals surface area contributed by atoms with Crippen LogP contribution in [0.2, 0.25) is 0 Å².